The second-order valence-corrected chi connectivity index (χ2v) is 11.3. The first-order valence-corrected chi connectivity index (χ1v) is 14.0. The van der Waals surface area contributed by atoms with Crippen LogP contribution in [0.15, 0.2) is 41.8 Å². The van der Waals surface area contributed by atoms with Gasteiger partial charge in [0, 0.05) is 29.6 Å². The molecule has 34 heavy (non-hydrogen) atoms. The van der Waals surface area contributed by atoms with Gasteiger partial charge in [-0.1, -0.05) is 44.0 Å². The van der Waals surface area contributed by atoms with E-state index in [0.717, 1.165) is 55.0 Å². The molecule has 2 amide bonds. The number of hydrogen-bond donors (Lipinski definition) is 1. The third-order valence-electron chi connectivity index (χ3n) is 7.90. The van der Waals surface area contributed by atoms with Crippen LogP contribution in [0.25, 0.3) is 0 Å². The third kappa shape index (κ3) is 4.80. The van der Waals surface area contributed by atoms with Gasteiger partial charge >= 0.3 is 0 Å². The fourth-order valence-electron chi connectivity index (χ4n) is 6.29. The minimum Gasteiger partial charge on any atom is -0.355 e. The topological polar surface area (TPSA) is 52.7 Å². The number of hydrogen-bond acceptors (Lipinski definition) is 4. The molecule has 0 radical (unpaired) electrons. The van der Waals surface area contributed by atoms with E-state index >= 15 is 0 Å². The summed E-state index contributed by atoms with van der Waals surface area (Å²) in [6, 6.07) is 11.9. The molecule has 5 rings (SSSR count). The number of rotatable bonds is 7. The molecule has 182 valence electrons. The van der Waals surface area contributed by atoms with Crippen molar-refractivity contribution < 1.29 is 9.59 Å². The molecule has 1 N–H and O–H groups in total. The van der Waals surface area contributed by atoms with Gasteiger partial charge in [-0.2, -0.15) is 0 Å². The Balaban J connectivity index is 1.37. The molecule has 3 heterocycles. The molecule has 2 aromatic rings. The lowest BCUT2D eigenvalue weighted by atomic mass is 9.80. The van der Waals surface area contributed by atoms with Gasteiger partial charge in [0.05, 0.1) is 12.0 Å². The second-order valence-electron chi connectivity index (χ2n) is 10.4. The number of benzene rings is 1. The van der Waals surface area contributed by atoms with Crippen molar-refractivity contribution >= 4 is 23.2 Å². The minimum atomic E-state index is -0.372. The number of fused-ring (bicyclic) bond motifs is 1. The van der Waals surface area contributed by atoms with Crippen molar-refractivity contribution in [3.63, 3.8) is 0 Å². The van der Waals surface area contributed by atoms with E-state index in [9.17, 15) is 9.59 Å². The van der Waals surface area contributed by atoms with Gasteiger partial charge in [0.25, 0.3) is 5.91 Å². The summed E-state index contributed by atoms with van der Waals surface area (Å²) in [6.07, 6.45) is 7.92. The molecule has 1 saturated heterocycles. The largest absolute Gasteiger partial charge is 0.355 e. The van der Waals surface area contributed by atoms with E-state index in [1.54, 1.807) is 11.3 Å². The van der Waals surface area contributed by atoms with Crippen LogP contribution in [0.4, 0.5) is 0 Å². The molecule has 0 spiro atoms. The molecule has 0 unspecified atom stereocenters. The third-order valence-corrected chi connectivity index (χ3v) is 8.85. The highest BCUT2D eigenvalue weighted by Gasteiger charge is 2.47. The van der Waals surface area contributed by atoms with Crippen LogP contribution in [-0.2, 0) is 4.79 Å². The Bertz CT molecular complexity index is 985. The van der Waals surface area contributed by atoms with Crippen molar-refractivity contribution in [2.45, 2.75) is 69.9 Å². The van der Waals surface area contributed by atoms with E-state index in [4.69, 9.17) is 0 Å². The van der Waals surface area contributed by atoms with Crippen LogP contribution < -0.4 is 5.32 Å². The number of amides is 2. The first-order valence-electron chi connectivity index (χ1n) is 13.1. The van der Waals surface area contributed by atoms with Crippen LogP contribution in [0, 0.1) is 5.92 Å². The van der Waals surface area contributed by atoms with E-state index in [1.165, 1.54) is 25.9 Å². The van der Waals surface area contributed by atoms with Gasteiger partial charge in [0.2, 0.25) is 5.91 Å². The zero-order valence-electron chi connectivity index (χ0n) is 20.2. The van der Waals surface area contributed by atoms with Crippen LogP contribution >= 0.6 is 11.3 Å². The highest BCUT2D eigenvalue weighted by atomic mass is 32.1. The zero-order valence-corrected chi connectivity index (χ0v) is 21.1. The number of carbonyl (C=O) groups is 2. The number of thiophene rings is 1. The number of nitrogens with zero attached hydrogens (tertiary/aromatic N) is 2. The minimum absolute atomic E-state index is 0.0494. The smallest absolute Gasteiger partial charge is 0.254 e. The molecule has 1 aromatic carbocycles. The van der Waals surface area contributed by atoms with E-state index in [1.807, 2.05) is 30.3 Å². The Hall–Kier alpha value is -2.18. The summed E-state index contributed by atoms with van der Waals surface area (Å²) in [5.74, 6) is 0.536. The van der Waals surface area contributed by atoms with Gasteiger partial charge in [0.15, 0.2) is 0 Å². The Morgan fingerprint density at radius 1 is 1.09 bits per heavy atom. The summed E-state index contributed by atoms with van der Waals surface area (Å²) < 4.78 is 0. The van der Waals surface area contributed by atoms with E-state index in [-0.39, 0.29) is 29.8 Å². The summed E-state index contributed by atoms with van der Waals surface area (Å²) >= 11 is 1.66. The first kappa shape index (κ1) is 23.6. The van der Waals surface area contributed by atoms with Crippen molar-refractivity contribution in [3.8, 4) is 0 Å². The first-order chi connectivity index (χ1) is 16.6. The summed E-state index contributed by atoms with van der Waals surface area (Å²) in [7, 11) is 0. The molecule has 2 aliphatic heterocycles. The quantitative estimate of drug-likeness (QED) is 0.555. The average Bonchev–Trinajstić information content (AvgIpc) is 3.56. The lowest BCUT2D eigenvalue weighted by molar-refractivity contribution is -0.124. The molecular weight excluding hydrogens is 442 g/mol. The fourth-order valence-corrected chi connectivity index (χ4v) is 7.15. The SMILES string of the molecule is C[C@@H]1CCCN(CCCNC(=O)[C@@H]2c3ccccc3C(=O)N(C3CCCC3)[C@@H]2c2cccs2)C1. The summed E-state index contributed by atoms with van der Waals surface area (Å²) in [5.41, 5.74) is 1.58. The van der Waals surface area contributed by atoms with Crippen molar-refractivity contribution in [2.75, 3.05) is 26.2 Å². The molecule has 3 aliphatic rings. The molecule has 1 saturated carbocycles. The molecule has 1 aliphatic carbocycles. The second kappa shape index (κ2) is 10.6. The van der Waals surface area contributed by atoms with Gasteiger partial charge in [-0.15, -0.1) is 11.3 Å². The predicted molar refractivity (Wildman–Crippen MR) is 137 cm³/mol. The monoisotopic (exact) mass is 479 g/mol. The summed E-state index contributed by atoms with van der Waals surface area (Å²) in [4.78, 5) is 33.2. The lowest BCUT2D eigenvalue weighted by Crippen LogP contribution is -2.50. The maximum Gasteiger partial charge on any atom is 0.254 e. The average molecular weight is 480 g/mol. The maximum absolute atomic E-state index is 13.8. The Morgan fingerprint density at radius 2 is 1.91 bits per heavy atom. The van der Waals surface area contributed by atoms with Crippen LogP contribution in [0.1, 0.15) is 84.6 Å². The van der Waals surface area contributed by atoms with Crippen molar-refractivity contribution in [1.29, 1.82) is 0 Å². The van der Waals surface area contributed by atoms with E-state index in [2.05, 4.69) is 33.5 Å². The molecular formula is C28H37N3O2S. The van der Waals surface area contributed by atoms with Gasteiger partial charge < -0.3 is 15.1 Å². The van der Waals surface area contributed by atoms with E-state index in [0.29, 0.717) is 12.1 Å². The van der Waals surface area contributed by atoms with Gasteiger partial charge in [0.1, 0.15) is 0 Å². The summed E-state index contributed by atoms with van der Waals surface area (Å²) in [5, 5.41) is 5.32. The van der Waals surface area contributed by atoms with Gasteiger partial charge in [-0.25, -0.2) is 0 Å². The standard InChI is InChI=1S/C28H37N3O2S/c1-20-9-6-16-30(19-20)17-8-15-29-27(32)25-22-12-4-5-13-23(22)28(33)31(21-10-2-3-11-21)26(25)24-14-7-18-34-24/h4-5,7,12-14,18,20-21,25-26H,2-3,6,8-11,15-17,19H2,1H3,(H,29,32)/t20-,25-,26-/m1/s1. The number of nitrogens with one attached hydrogen (secondary N) is 1. The van der Waals surface area contributed by atoms with Crippen LogP contribution in [0.5, 0.6) is 0 Å². The number of carbonyl (C=O) groups excluding carboxylic acids is 2. The fraction of sp³-hybridized carbons (Fsp3) is 0.571. The van der Waals surface area contributed by atoms with Crippen LogP contribution in [0.2, 0.25) is 0 Å². The Labute approximate surface area is 207 Å². The van der Waals surface area contributed by atoms with Crippen molar-refractivity contribution in [3.05, 3.63) is 57.8 Å². The van der Waals surface area contributed by atoms with Crippen LogP contribution in [0.3, 0.4) is 0 Å². The van der Waals surface area contributed by atoms with Crippen LogP contribution in [-0.4, -0.2) is 53.8 Å². The Morgan fingerprint density at radius 3 is 2.68 bits per heavy atom. The Kier molecular flexibility index (Phi) is 7.35. The maximum atomic E-state index is 13.8. The molecule has 1 aromatic heterocycles. The normalized spacial score (nSPS) is 26.0. The molecule has 5 nitrogen and oxygen atoms in total. The summed E-state index contributed by atoms with van der Waals surface area (Å²) in [6.45, 7) is 6.39. The molecule has 2 fully saturated rings. The van der Waals surface area contributed by atoms with Crippen molar-refractivity contribution in [1.82, 2.24) is 15.1 Å². The zero-order chi connectivity index (χ0) is 23.5. The molecule has 6 heteroatoms. The number of likely N-dealkylation sites (tertiary alicyclic amines) is 1. The molecule has 3 atom stereocenters. The van der Waals surface area contributed by atoms with E-state index < -0.39 is 0 Å². The lowest BCUT2D eigenvalue weighted by Gasteiger charge is -2.44. The molecule has 0 bridgehead atoms. The van der Waals surface area contributed by atoms with Crippen molar-refractivity contribution in [2.24, 2.45) is 5.92 Å². The highest BCUT2D eigenvalue weighted by molar-refractivity contribution is 7.10. The van der Waals surface area contributed by atoms with Gasteiger partial charge in [-0.05, 0) is 74.2 Å². The predicted octanol–water partition coefficient (Wildman–Crippen LogP) is 5.21. The number of piperidine rings is 1. The highest BCUT2D eigenvalue weighted by Crippen LogP contribution is 2.47. The van der Waals surface area contributed by atoms with Gasteiger partial charge in [-0.3, -0.25) is 9.59 Å².